The molecule has 60 valence electrons. The van der Waals surface area contributed by atoms with Crippen LogP contribution in [0.5, 0.6) is 0 Å². The number of hydrogen-bond acceptors (Lipinski definition) is 3. The molecule has 1 aromatic rings. The highest BCUT2D eigenvalue weighted by molar-refractivity contribution is 5.79. The number of hydrazone groups is 1. The summed E-state index contributed by atoms with van der Waals surface area (Å²) in [5, 5.41) is 3.35. The van der Waals surface area contributed by atoms with Crippen LogP contribution in [0.4, 0.5) is 0 Å². The highest BCUT2D eigenvalue weighted by Gasteiger charge is 1.92. The summed E-state index contributed by atoms with van der Waals surface area (Å²) < 4.78 is 1.91. The summed E-state index contributed by atoms with van der Waals surface area (Å²) in [6.07, 6.45) is 5.97. The van der Waals surface area contributed by atoms with E-state index in [2.05, 4.69) is 10.1 Å². The molecule has 0 unspecified atom stereocenters. The Labute approximate surface area is 64.7 Å². The van der Waals surface area contributed by atoms with Crippen LogP contribution in [0.1, 0.15) is 6.42 Å². The van der Waals surface area contributed by atoms with E-state index in [1.165, 1.54) is 0 Å². The smallest absolute Gasteiger partial charge is 0.121 e. The predicted molar refractivity (Wildman–Crippen MR) is 42.7 cm³/mol. The zero-order valence-electron chi connectivity index (χ0n) is 6.14. The van der Waals surface area contributed by atoms with E-state index in [1.54, 1.807) is 12.5 Å². The molecule has 0 saturated heterocycles. The molecule has 1 rings (SSSR count). The molecule has 5 heteroatoms. The number of imidazole rings is 1. The Bertz CT molecular complexity index is 225. The van der Waals surface area contributed by atoms with Crippen LogP contribution < -0.4 is 11.6 Å². The minimum atomic E-state index is 0.457. The van der Waals surface area contributed by atoms with Gasteiger partial charge in [-0.3, -0.25) is 0 Å². The van der Waals surface area contributed by atoms with E-state index < -0.39 is 0 Å². The van der Waals surface area contributed by atoms with Crippen LogP contribution in [0.25, 0.3) is 0 Å². The number of aryl methyl sites for hydroxylation is 1. The SMILES string of the molecule is N/N=C(/N)CCn1ccnc1. The fraction of sp³-hybridized carbons (Fsp3) is 0.333. The van der Waals surface area contributed by atoms with Crippen molar-refractivity contribution in [2.24, 2.45) is 16.7 Å². The highest BCUT2D eigenvalue weighted by Crippen LogP contribution is 1.89. The average Bonchev–Trinajstić information content (AvgIpc) is 2.52. The number of aromatic nitrogens is 2. The molecule has 0 aliphatic rings. The van der Waals surface area contributed by atoms with Gasteiger partial charge < -0.3 is 16.1 Å². The third kappa shape index (κ3) is 2.29. The fourth-order valence-electron chi connectivity index (χ4n) is 0.727. The zero-order valence-corrected chi connectivity index (χ0v) is 6.14. The first-order valence-corrected chi connectivity index (χ1v) is 3.31. The maximum Gasteiger partial charge on any atom is 0.121 e. The molecule has 11 heavy (non-hydrogen) atoms. The molecule has 4 N–H and O–H groups in total. The molecular formula is C6H11N5. The van der Waals surface area contributed by atoms with E-state index in [4.69, 9.17) is 11.6 Å². The van der Waals surface area contributed by atoms with Gasteiger partial charge in [0, 0.05) is 25.4 Å². The second-order valence-electron chi connectivity index (χ2n) is 2.17. The first-order chi connectivity index (χ1) is 5.33. The lowest BCUT2D eigenvalue weighted by Gasteiger charge is -1.99. The molecular weight excluding hydrogens is 142 g/mol. The van der Waals surface area contributed by atoms with Gasteiger partial charge in [-0.25, -0.2) is 4.98 Å². The van der Waals surface area contributed by atoms with Crippen molar-refractivity contribution in [2.45, 2.75) is 13.0 Å². The maximum atomic E-state index is 5.38. The van der Waals surface area contributed by atoms with Gasteiger partial charge in [0.2, 0.25) is 0 Å². The largest absolute Gasteiger partial charge is 0.386 e. The minimum Gasteiger partial charge on any atom is -0.386 e. The first-order valence-electron chi connectivity index (χ1n) is 3.31. The van der Waals surface area contributed by atoms with Gasteiger partial charge in [0.1, 0.15) is 5.84 Å². The van der Waals surface area contributed by atoms with Gasteiger partial charge in [-0.15, -0.1) is 0 Å². The Balaban J connectivity index is 2.35. The Morgan fingerprint density at radius 3 is 3.00 bits per heavy atom. The van der Waals surface area contributed by atoms with Crippen molar-refractivity contribution in [2.75, 3.05) is 0 Å². The normalized spacial score (nSPS) is 11.8. The molecule has 5 nitrogen and oxygen atoms in total. The summed E-state index contributed by atoms with van der Waals surface area (Å²) in [6.45, 7) is 0.770. The van der Waals surface area contributed by atoms with Crippen molar-refractivity contribution >= 4 is 5.84 Å². The quantitative estimate of drug-likeness (QED) is 0.266. The monoisotopic (exact) mass is 153 g/mol. The summed E-state index contributed by atoms with van der Waals surface area (Å²) in [6, 6.07) is 0. The van der Waals surface area contributed by atoms with E-state index in [0.29, 0.717) is 12.3 Å². The topological polar surface area (TPSA) is 82.2 Å². The summed E-state index contributed by atoms with van der Waals surface area (Å²) in [5.74, 6) is 5.41. The summed E-state index contributed by atoms with van der Waals surface area (Å²) in [7, 11) is 0. The predicted octanol–water partition coefficient (Wildman–Crippen LogP) is -0.496. The zero-order chi connectivity index (χ0) is 8.10. The van der Waals surface area contributed by atoms with Gasteiger partial charge in [-0.1, -0.05) is 0 Å². The summed E-state index contributed by atoms with van der Waals surface area (Å²) in [5.41, 5.74) is 5.38. The van der Waals surface area contributed by atoms with Crippen molar-refractivity contribution in [1.29, 1.82) is 0 Å². The second kappa shape index (κ2) is 3.60. The average molecular weight is 153 g/mol. The van der Waals surface area contributed by atoms with Gasteiger partial charge in [0.25, 0.3) is 0 Å². The van der Waals surface area contributed by atoms with E-state index >= 15 is 0 Å². The Morgan fingerprint density at radius 2 is 2.45 bits per heavy atom. The van der Waals surface area contributed by atoms with Gasteiger partial charge in [0.15, 0.2) is 0 Å². The molecule has 0 aliphatic heterocycles. The third-order valence-electron chi connectivity index (χ3n) is 1.35. The van der Waals surface area contributed by atoms with Crippen LogP contribution in [-0.4, -0.2) is 15.4 Å². The molecule has 0 atom stereocenters. The van der Waals surface area contributed by atoms with Crippen LogP contribution >= 0.6 is 0 Å². The van der Waals surface area contributed by atoms with Gasteiger partial charge in [-0.2, -0.15) is 5.10 Å². The molecule has 0 amide bonds. The summed E-state index contributed by atoms with van der Waals surface area (Å²) >= 11 is 0. The molecule has 0 aliphatic carbocycles. The first kappa shape index (κ1) is 7.59. The standard InChI is InChI=1S/C6H11N5/c7-6(10-8)1-3-11-4-2-9-5-11/h2,4-5H,1,3,8H2,(H2,7,10). The second-order valence-corrected chi connectivity index (χ2v) is 2.17. The molecule has 0 spiro atoms. The van der Waals surface area contributed by atoms with Crippen molar-refractivity contribution in [3.63, 3.8) is 0 Å². The molecule has 0 bridgehead atoms. The Hall–Kier alpha value is -1.52. The van der Waals surface area contributed by atoms with Crippen LogP contribution in [-0.2, 0) is 6.54 Å². The van der Waals surface area contributed by atoms with E-state index in [1.807, 2.05) is 10.8 Å². The Kier molecular flexibility index (Phi) is 2.48. The summed E-state index contributed by atoms with van der Waals surface area (Å²) in [4.78, 5) is 3.88. The van der Waals surface area contributed by atoms with E-state index in [0.717, 1.165) is 6.54 Å². The van der Waals surface area contributed by atoms with Crippen molar-refractivity contribution in [1.82, 2.24) is 9.55 Å². The number of amidine groups is 1. The number of rotatable bonds is 3. The molecule has 0 fully saturated rings. The lowest BCUT2D eigenvalue weighted by atomic mass is 10.4. The van der Waals surface area contributed by atoms with E-state index in [-0.39, 0.29) is 0 Å². The molecule has 0 aromatic carbocycles. The molecule has 0 radical (unpaired) electrons. The lowest BCUT2D eigenvalue weighted by Crippen LogP contribution is -2.16. The van der Waals surface area contributed by atoms with Crippen LogP contribution in [0.3, 0.4) is 0 Å². The van der Waals surface area contributed by atoms with Gasteiger partial charge >= 0.3 is 0 Å². The number of nitrogens with zero attached hydrogens (tertiary/aromatic N) is 3. The van der Waals surface area contributed by atoms with Crippen LogP contribution in [0, 0.1) is 0 Å². The highest BCUT2D eigenvalue weighted by atomic mass is 15.2. The van der Waals surface area contributed by atoms with Crippen molar-refractivity contribution in [3.05, 3.63) is 18.7 Å². The van der Waals surface area contributed by atoms with Crippen molar-refractivity contribution in [3.8, 4) is 0 Å². The van der Waals surface area contributed by atoms with E-state index in [9.17, 15) is 0 Å². The third-order valence-corrected chi connectivity index (χ3v) is 1.35. The van der Waals surface area contributed by atoms with Gasteiger partial charge in [0.05, 0.1) is 6.33 Å². The molecule has 1 heterocycles. The molecule has 0 saturated carbocycles. The van der Waals surface area contributed by atoms with Crippen molar-refractivity contribution < 1.29 is 0 Å². The van der Waals surface area contributed by atoms with Crippen LogP contribution in [0.2, 0.25) is 0 Å². The molecule has 1 aromatic heterocycles. The van der Waals surface area contributed by atoms with Gasteiger partial charge in [-0.05, 0) is 0 Å². The van der Waals surface area contributed by atoms with Crippen LogP contribution in [0.15, 0.2) is 23.8 Å². The Morgan fingerprint density at radius 1 is 1.64 bits per heavy atom. The minimum absolute atomic E-state index is 0.457. The number of nitrogens with two attached hydrogens (primary N) is 2. The number of hydrogen-bond donors (Lipinski definition) is 2. The maximum absolute atomic E-state index is 5.38. The lowest BCUT2D eigenvalue weighted by molar-refractivity contribution is 0.720. The fourth-order valence-corrected chi connectivity index (χ4v) is 0.727.